The predicted molar refractivity (Wildman–Crippen MR) is 89.8 cm³/mol. The molecular formula is C17H26N2S. The molecule has 3 heteroatoms. The van der Waals surface area contributed by atoms with Crippen LogP contribution in [0.5, 0.6) is 0 Å². The van der Waals surface area contributed by atoms with Crippen LogP contribution in [0.15, 0.2) is 18.2 Å². The van der Waals surface area contributed by atoms with E-state index in [1.807, 2.05) is 0 Å². The van der Waals surface area contributed by atoms with Gasteiger partial charge in [0.05, 0.1) is 11.0 Å². The molecule has 110 valence electrons. The minimum atomic E-state index is 0.284. The Morgan fingerprint density at radius 2 is 2.00 bits per heavy atom. The molecule has 0 fully saturated rings. The van der Waals surface area contributed by atoms with E-state index >= 15 is 0 Å². The molecule has 2 nitrogen and oxygen atoms in total. The molecule has 0 aliphatic carbocycles. The van der Waals surface area contributed by atoms with Gasteiger partial charge in [-0.1, -0.05) is 46.1 Å². The van der Waals surface area contributed by atoms with Crippen LogP contribution in [0.1, 0.15) is 52.0 Å². The second-order valence-electron chi connectivity index (χ2n) is 6.66. The first-order valence-electron chi connectivity index (χ1n) is 7.62. The highest BCUT2D eigenvalue weighted by molar-refractivity contribution is 7.71. The predicted octanol–water partition coefficient (Wildman–Crippen LogP) is 5.61. The molecular weight excluding hydrogens is 264 g/mol. The van der Waals surface area contributed by atoms with Gasteiger partial charge >= 0.3 is 0 Å². The van der Waals surface area contributed by atoms with E-state index in [0.29, 0.717) is 0 Å². The maximum atomic E-state index is 5.51. The van der Waals surface area contributed by atoms with Gasteiger partial charge in [0.1, 0.15) is 0 Å². The van der Waals surface area contributed by atoms with E-state index in [2.05, 4.69) is 55.4 Å². The van der Waals surface area contributed by atoms with Gasteiger partial charge in [-0.25, -0.2) is 0 Å². The monoisotopic (exact) mass is 290 g/mol. The molecule has 1 aromatic carbocycles. The number of unbranched alkanes of at least 4 members (excludes halogenated alkanes) is 2. The van der Waals surface area contributed by atoms with Crippen LogP contribution in [-0.2, 0) is 6.54 Å². The molecule has 0 amide bonds. The number of hydrogen-bond donors (Lipinski definition) is 1. The van der Waals surface area contributed by atoms with Crippen LogP contribution in [0.4, 0.5) is 0 Å². The Hall–Kier alpha value is -1.09. The van der Waals surface area contributed by atoms with Crippen molar-refractivity contribution in [2.75, 3.05) is 0 Å². The number of nitrogens with zero attached hydrogens (tertiary/aromatic N) is 1. The maximum Gasteiger partial charge on any atom is 0.178 e. The quantitative estimate of drug-likeness (QED) is 0.541. The molecule has 1 aromatic heterocycles. The topological polar surface area (TPSA) is 20.7 Å². The van der Waals surface area contributed by atoms with Crippen molar-refractivity contribution in [3.63, 3.8) is 0 Å². The van der Waals surface area contributed by atoms with Crippen LogP contribution in [0, 0.1) is 17.1 Å². The summed E-state index contributed by atoms with van der Waals surface area (Å²) in [4.78, 5) is 3.32. The minimum Gasteiger partial charge on any atom is -0.331 e. The van der Waals surface area contributed by atoms with Gasteiger partial charge in [-0.3, -0.25) is 0 Å². The summed E-state index contributed by atoms with van der Waals surface area (Å²) in [5, 5.41) is 0. The van der Waals surface area contributed by atoms with Gasteiger partial charge < -0.3 is 9.55 Å². The van der Waals surface area contributed by atoms with Gasteiger partial charge in [-0.2, -0.15) is 0 Å². The molecule has 2 aromatic rings. The molecule has 0 bridgehead atoms. The van der Waals surface area contributed by atoms with E-state index in [4.69, 9.17) is 12.2 Å². The lowest BCUT2D eigenvalue weighted by atomic mass is 9.86. The Morgan fingerprint density at radius 3 is 2.70 bits per heavy atom. The van der Waals surface area contributed by atoms with E-state index in [9.17, 15) is 0 Å². The second-order valence-corrected chi connectivity index (χ2v) is 7.04. The summed E-state index contributed by atoms with van der Waals surface area (Å²) in [5.41, 5.74) is 3.94. The Balaban J connectivity index is 2.26. The molecule has 2 rings (SSSR count). The first kappa shape index (κ1) is 15.3. The lowest BCUT2D eigenvalue weighted by Crippen LogP contribution is -2.19. The number of nitrogens with one attached hydrogen (secondary N) is 1. The summed E-state index contributed by atoms with van der Waals surface area (Å²) < 4.78 is 3.11. The molecule has 0 atom stereocenters. The SMILES string of the molecule is CCCCCC(C)(C)Cn1c(=S)[nH]c2ccc(C)cc21. The van der Waals surface area contributed by atoms with Crippen LogP contribution in [0.3, 0.4) is 0 Å². The molecule has 0 aliphatic rings. The largest absolute Gasteiger partial charge is 0.331 e. The average Bonchev–Trinajstić information content (AvgIpc) is 2.66. The smallest absolute Gasteiger partial charge is 0.178 e. The van der Waals surface area contributed by atoms with Crippen LogP contribution >= 0.6 is 12.2 Å². The number of aryl methyl sites for hydroxylation is 1. The number of rotatable bonds is 6. The van der Waals surface area contributed by atoms with Gasteiger partial charge in [-0.05, 0) is 48.7 Å². The van der Waals surface area contributed by atoms with Crippen LogP contribution < -0.4 is 0 Å². The molecule has 0 saturated heterocycles. The molecule has 20 heavy (non-hydrogen) atoms. The zero-order valence-electron chi connectivity index (χ0n) is 13.1. The standard InChI is InChI=1S/C17H26N2S/c1-5-6-7-10-17(3,4)12-19-15-11-13(2)8-9-14(15)18-16(19)20/h8-9,11H,5-7,10,12H2,1-4H3,(H,18,20). The fourth-order valence-electron chi connectivity index (χ4n) is 2.78. The van der Waals surface area contributed by atoms with Crippen molar-refractivity contribution in [1.29, 1.82) is 0 Å². The Morgan fingerprint density at radius 1 is 1.25 bits per heavy atom. The molecule has 0 unspecified atom stereocenters. The van der Waals surface area contributed by atoms with Crippen molar-refractivity contribution in [1.82, 2.24) is 9.55 Å². The second kappa shape index (κ2) is 6.13. The fraction of sp³-hybridized carbons (Fsp3) is 0.588. The van der Waals surface area contributed by atoms with Crippen molar-refractivity contribution in [3.05, 3.63) is 28.5 Å². The summed E-state index contributed by atoms with van der Waals surface area (Å²) in [6, 6.07) is 6.48. The number of imidazole rings is 1. The lowest BCUT2D eigenvalue weighted by Gasteiger charge is -2.25. The number of hydrogen-bond acceptors (Lipinski definition) is 1. The molecule has 0 spiro atoms. The highest BCUT2D eigenvalue weighted by Crippen LogP contribution is 2.28. The van der Waals surface area contributed by atoms with Crippen molar-refractivity contribution in [3.8, 4) is 0 Å². The summed E-state index contributed by atoms with van der Waals surface area (Å²) in [6.07, 6.45) is 5.16. The van der Waals surface area contributed by atoms with Gasteiger partial charge in [0.15, 0.2) is 4.77 Å². The van der Waals surface area contributed by atoms with E-state index in [1.165, 1.54) is 36.8 Å². The third kappa shape index (κ3) is 3.51. The number of benzene rings is 1. The summed E-state index contributed by atoms with van der Waals surface area (Å²) in [6.45, 7) is 10.1. The average molecular weight is 290 g/mol. The summed E-state index contributed by atoms with van der Waals surface area (Å²) >= 11 is 5.51. The third-order valence-corrected chi connectivity index (χ3v) is 4.30. The third-order valence-electron chi connectivity index (χ3n) is 3.97. The van der Waals surface area contributed by atoms with Gasteiger partial charge in [-0.15, -0.1) is 0 Å². The van der Waals surface area contributed by atoms with Crippen molar-refractivity contribution < 1.29 is 0 Å². The zero-order valence-corrected chi connectivity index (χ0v) is 13.9. The number of aromatic amines is 1. The summed E-state index contributed by atoms with van der Waals surface area (Å²) in [7, 11) is 0. The molecule has 0 saturated carbocycles. The lowest BCUT2D eigenvalue weighted by molar-refractivity contribution is 0.273. The van der Waals surface area contributed by atoms with E-state index in [1.54, 1.807) is 0 Å². The Labute approximate surface area is 127 Å². The van der Waals surface area contributed by atoms with Crippen molar-refractivity contribution >= 4 is 23.3 Å². The molecule has 1 N–H and O–H groups in total. The Bertz CT molecular complexity index is 634. The fourth-order valence-corrected chi connectivity index (χ4v) is 3.05. The normalized spacial score (nSPS) is 12.2. The Kier molecular flexibility index (Phi) is 4.69. The van der Waals surface area contributed by atoms with Crippen molar-refractivity contribution in [2.24, 2.45) is 5.41 Å². The van der Waals surface area contributed by atoms with Gasteiger partial charge in [0.2, 0.25) is 0 Å². The van der Waals surface area contributed by atoms with Crippen LogP contribution in [0.25, 0.3) is 11.0 Å². The minimum absolute atomic E-state index is 0.284. The van der Waals surface area contributed by atoms with Crippen LogP contribution in [-0.4, -0.2) is 9.55 Å². The molecule has 0 aliphatic heterocycles. The van der Waals surface area contributed by atoms with E-state index < -0.39 is 0 Å². The first-order valence-corrected chi connectivity index (χ1v) is 8.03. The highest BCUT2D eigenvalue weighted by atomic mass is 32.1. The maximum absolute atomic E-state index is 5.51. The van der Waals surface area contributed by atoms with Crippen molar-refractivity contribution in [2.45, 2.75) is 59.9 Å². The molecule has 0 radical (unpaired) electrons. The number of aromatic nitrogens is 2. The number of fused-ring (bicyclic) bond motifs is 1. The molecule has 1 heterocycles. The first-order chi connectivity index (χ1) is 9.43. The summed E-state index contributed by atoms with van der Waals surface area (Å²) in [5.74, 6) is 0. The highest BCUT2D eigenvalue weighted by Gasteiger charge is 2.19. The van der Waals surface area contributed by atoms with Gasteiger partial charge in [0.25, 0.3) is 0 Å². The van der Waals surface area contributed by atoms with Gasteiger partial charge in [0, 0.05) is 6.54 Å². The van der Waals surface area contributed by atoms with E-state index in [0.717, 1.165) is 16.8 Å². The van der Waals surface area contributed by atoms with E-state index in [-0.39, 0.29) is 5.41 Å². The zero-order chi connectivity index (χ0) is 14.8. The van der Waals surface area contributed by atoms with Crippen LogP contribution in [0.2, 0.25) is 0 Å². The number of H-pyrrole nitrogens is 1.